The van der Waals surface area contributed by atoms with Crippen molar-refractivity contribution >= 4 is 5.69 Å². The summed E-state index contributed by atoms with van der Waals surface area (Å²) in [7, 11) is 0. The van der Waals surface area contributed by atoms with E-state index in [4.69, 9.17) is 0 Å². The highest BCUT2D eigenvalue weighted by atomic mass is 19.1. The Kier molecular flexibility index (Phi) is 13.0. The van der Waals surface area contributed by atoms with Crippen LogP contribution in [-0.2, 0) is 0 Å². The second-order valence-electron chi connectivity index (χ2n) is 2.91. The third-order valence-electron chi connectivity index (χ3n) is 1.69. The minimum atomic E-state index is -0.172. The van der Waals surface area contributed by atoms with Gasteiger partial charge < -0.3 is 5.32 Å². The van der Waals surface area contributed by atoms with Gasteiger partial charge in [-0.2, -0.15) is 0 Å². The maximum atomic E-state index is 13.0. The molecule has 0 bridgehead atoms. The SMILES string of the molecule is CC.CC.CCCNc1cc(C)ccc1F. The molecule has 0 unspecified atom stereocenters. The molecule has 2 heteroatoms. The van der Waals surface area contributed by atoms with Crippen LogP contribution in [0.3, 0.4) is 0 Å². The van der Waals surface area contributed by atoms with E-state index in [9.17, 15) is 4.39 Å². The summed E-state index contributed by atoms with van der Waals surface area (Å²) in [6, 6.07) is 5.09. The molecule has 1 rings (SSSR count). The van der Waals surface area contributed by atoms with Crippen molar-refractivity contribution in [3.8, 4) is 0 Å². The lowest BCUT2D eigenvalue weighted by Gasteiger charge is -2.06. The van der Waals surface area contributed by atoms with Crippen LogP contribution >= 0.6 is 0 Å². The van der Waals surface area contributed by atoms with Gasteiger partial charge in [0.1, 0.15) is 5.82 Å². The van der Waals surface area contributed by atoms with E-state index in [0.717, 1.165) is 18.5 Å². The van der Waals surface area contributed by atoms with Crippen LogP contribution in [0.2, 0.25) is 0 Å². The molecule has 0 amide bonds. The summed E-state index contributed by atoms with van der Waals surface area (Å²) < 4.78 is 13.0. The molecule has 1 aromatic rings. The zero-order chi connectivity index (χ0) is 13.0. The van der Waals surface area contributed by atoms with Gasteiger partial charge in [-0.3, -0.25) is 0 Å². The highest BCUT2D eigenvalue weighted by Gasteiger charge is 1.99. The topological polar surface area (TPSA) is 12.0 Å². The normalized spacial score (nSPS) is 8.19. The van der Waals surface area contributed by atoms with Crippen LogP contribution in [0, 0.1) is 12.7 Å². The van der Waals surface area contributed by atoms with Crippen molar-refractivity contribution in [1.29, 1.82) is 0 Å². The van der Waals surface area contributed by atoms with E-state index in [2.05, 4.69) is 12.2 Å². The number of halogens is 1. The predicted molar refractivity (Wildman–Crippen MR) is 72.6 cm³/mol. The monoisotopic (exact) mass is 227 g/mol. The molecule has 0 aliphatic rings. The van der Waals surface area contributed by atoms with Crippen molar-refractivity contribution in [3.05, 3.63) is 29.6 Å². The third-order valence-corrected chi connectivity index (χ3v) is 1.69. The number of benzene rings is 1. The minimum absolute atomic E-state index is 0.172. The van der Waals surface area contributed by atoms with Gasteiger partial charge in [0.15, 0.2) is 0 Å². The lowest BCUT2D eigenvalue weighted by atomic mass is 10.2. The summed E-state index contributed by atoms with van der Waals surface area (Å²) in [6.07, 6.45) is 1.01. The molecular formula is C14H26FN. The fourth-order valence-electron chi connectivity index (χ4n) is 1.03. The first kappa shape index (κ1) is 17.3. The van der Waals surface area contributed by atoms with E-state index in [-0.39, 0.29) is 5.82 Å². The molecule has 0 spiro atoms. The Morgan fingerprint density at radius 3 is 2.19 bits per heavy atom. The van der Waals surface area contributed by atoms with Crippen LogP contribution in [0.4, 0.5) is 10.1 Å². The standard InChI is InChI=1S/C10H14FN.2C2H6/c1-3-6-12-10-7-8(2)4-5-9(10)11;2*1-2/h4-5,7,12H,3,6H2,1-2H3;2*1-2H3. The smallest absolute Gasteiger partial charge is 0.146 e. The Morgan fingerprint density at radius 1 is 1.12 bits per heavy atom. The van der Waals surface area contributed by atoms with E-state index in [0.29, 0.717) is 5.69 Å². The molecule has 94 valence electrons. The first-order valence-corrected chi connectivity index (χ1v) is 6.24. The van der Waals surface area contributed by atoms with E-state index in [1.807, 2.05) is 40.7 Å². The van der Waals surface area contributed by atoms with Gasteiger partial charge in [-0.15, -0.1) is 0 Å². The molecule has 0 saturated heterocycles. The van der Waals surface area contributed by atoms with Gasteiger partial charge in [-0.05, 0) is 31.0 Å². The molecule has 0 aliphatic carbocycles. The molecule has 0 atom stereocenters. The first-order chi connectivity index (χ1) is 7.74. The van der Waals surface area contributed by atoms with Crippen molar-refractivity contribution in [1.82, 2.24) is 0 Å². The Balaban J connectivity index is 0. The molecule has 1 N–H and O–H groups in total. The van der Waals surface area contributed by atoms with Crippen LogP contribution < -0.4 is 5.32 Å². The summed E-state index contributed by atoms with van der Waals surface area (Å²) in [5.41, 5.74) is 1.69. The summed E-state index contributed by atoms with van der Waals surface area (Å²) in [5, 5.41) is 3.03. The molecule has 0 saturated carbocycles. The molecule has 1 nitrogen and oxygen atoms in total. The molecular weight excluding hydrogens is 201 g/mol. The number of aryl methyl sites for hydroxylation is 1. The number of anilines is 1. The Morgan fingerprint density at radius 2 is 1.69 bits per heavy atom. The predicted octanol–water partition coefficient (Wildman–Crippen LogP) is 5.01. The largest absolute Gasteiger partial charge is 0.383 e. The van der Waals surface area contributed by atoms with Crippen LogP contribution in [0.25, 0.3) is 0 Å². The van der Waals surface area contributed by atoms with Gasteiger partial charge >= 0.3 is 0 Å². The molecule has 0 heterocycles. The fourth-order valence-corrected chi connectivity index (χ4v) is 1.03. The highest BCUT2D eigenvalue weighted by molar-refractivity contribution is 5.46. The van der Waals surface area contributed by atoms with Crippen LogP contribution in [0.15, 0.2) is 18.2 Å². The summed E-state index contributed by atoms with van der Waals surface area (Å²) in [6.45, 7) is 12.8. The average molecular weight is 227 g/mol. The van der Waals surface area contributed by atoms with Gasteiger partial charge in [0.05, 0.1) is 5.69 Å². The quantitative estimate of drug-likeness (QED) is 0.765. The first-order valence-electron chi connectivity index (χ1n) is 6.24. The second-order valence-corrected chi connectivity index (χ2v) is 2.91. The van der Waals surface area contributed by atoms with Gasteiger partial charge in [-0.1, -0.05) is 40.7 Å². The maximum Gasteiger partial charge on any atom is 0.146 e. The van der Waals surface area contributed by atoms with Crippen molar-refractivity contribution in [2.24, 2.45) is 0 Å². The van der Waals surface area contributed by atoms with E-state index in [1.54, 1.807) is 6.07 Å². The molecule has 0 radical (unpaired) electrons. The Hall–Kier alpha value is -1.05. The van der Waals surface area contributed by atoms with Crippen LogP contribution in [0.5, 0.6) is 0 Å². The van der Waals surface area contributed by atoms with Gasteiger partial charge in [0.25, 0.3) is 0 Å². The Labute approximate surface area is 100 Å². The molecule has 0 aliphatic heterocycles. The Bertz CT molecular complexity index is 259. The van der Waals surface area contributed by atoms with E-state index in [1.165, 1.54) is 6.07 Å². The lowest BCUT2D eigenvalue weighted by molar-refractivity contribution is 0.629. The van der Waals surface area contributed by atoms with Gasteiger partial charge in [-0.25, -0.2) is 4.39 Å². The van der Waals surface area contributed by atoms with Crippen molar-refractivity contribution in [2.75, 3.05) is 11.9 Å². The van der Waals surface area contributed by atoms with Crippen molar-refractivity contribution in [3.63, 3.8) is 0 Å². The van der Waals surface area contributed by atoms with Crippen LogP contribution in [0.1, 0.15) is 46.6 Å². The molecule has 0 fully saturated rings. The zero-order valence-electron chi connectivity index (χ0n) is 11.5. The van der Waals surface area contributed by atoms with Crippen molar-refractivity contribution in [2.45, 2.75) is 48.0 Å². The number of hydrogen-bond acceptors (Lipinski definition) is 1. The number of hydrogen-bond donors (Lipinski definition) is 1. The molecule has 0 aromatic heterocycles. The summed E-state index contributed by atoms with van der Waals surface area (Å²) in [4.78, 5) is 0. The van der Waals surface area contributed by atoms with Crippen LogP contribution in [-0.4, -0.2) is 6.54 Å². The van der Waals surface area contributed by atoms with E-state index < -0.39 is 0 Å². The minimum Gasteiger partial charge on any atom is -0.383 e. The summed E-state index contributed by atoms with van der Waals surface area (Å²) >= 11 is 0. The lowest BCUT2D eigenvalue weighted by Crippen LogP contribution is -2.01. The fraction of sp³-hybridized carbons (Fsp3) is 0.571. The van der Waals surface area contributed by atoms with Crippen molar-refractivity contribution < 1.29 is 4.39 Å². The van der Waals surface area contributed by atoms with Gasteiger partial charge in [0.2, 0.25) is 0 Å². The number of nitrogens with one attached hydrogen (secondary N) is 1. The summed E-state index contributed by atoms with van der Waals surface area (Å²) in [5.74, 6) is -0.172. The third kappa shape index (κ3) is 7.27. The van der Waals surface area contributed by atoms with E-state index >= 15 is 0 Å². The number of rotatable bonds is 3. The average Bonchev–Trinajstić information content (AvgIpc) is 2.35. The highest BCUT2D eigenvalue weighted by Crippen LogP contribution is 2.15. The van der Waals surface area contributed by atoms with Gasteiger partial charge in [0, 0.05) is 6.54 Å². The zero-order valence-corrected chi connectivity index (χ0v) is 11.5. The maximum absolute atomic E-state index is 13.0. The second kappa shape index (κ2) is 12.0. The molecule has 16 heavy (non-hydrogen) atoms. The molecule has 1 aromatic carbocycles.